The Labute approximate surface area is 155 Å². The van der Waals surface area contributed by atoms with Crippen LogP contribution in [0.2, 0.25) is 0 Å². The zero-order chi connectivity index (χ0) is 18.6. The van der Waals surface area contributed by atoms with Crippen molar-refractivity contribution < 1.29 is 5.11 Å². The molecule has 0 bridgehead atoms. The largest absolute Gasteiger partial charge is 0.388 e. The van der Waals surface area contributed by atoms with E-state index in [-0.39, 0.29) is 6.10 Å². The van der Waals surface area contributed by atoms with E-state index in [1.807, 2.05) is 0 Å². The number of rotatable bonds is 7. The number of hydrogen-bond donors (Lipinski definition) is 1. The van der Waals surface area contributed by atoms with Gasteiger partial charge in [0.05, 0.1) is 6.10 Å². The highest BCUT2D eigenvalue weighted by atomic mass is 16.3. The summed E-state index contributed by atoms with van der Waals surface area (Å²) in [7, 11) is 0. The van der Waals surface area contributed by atoms with Gasteiger partial charge in [0.2, 0.25) is 0 Å². The van der Waals surface area contributed by atoms with Crippen LogP contribution in [0.3, 0.4) is 0 Å². The smallest absolute Gasteiger partial charge is 0.0851 e. The number of aliphatic hydroxyl groups is 1. The van der Waals surface area contributed by atoms with E-state index in [4.69, 9.17) is 0 Å². The Morgan fingerprint density at radius 1 is 0.920 bits per heavy atom. The monoisotopic (exact) mass is 348 g/mol. The van der Waals surface area contributed by atoms with Crippen LogP contribution in [-0.4, -0.2) is 59.3 Å². The van der Waals surface area contributed by atoms with Crippen molar-refractivity contribution in [3.05, 3.63) is 23.3 Å². The van der Waals surface area contributed by atoms with Crippen LogP contribution in [-0.2, 0) is 0 Å². The van der Waals surface area contributed by atoms with Gasteiger partial charge in [-0.1, -0.05) is 37.1 Å². The summed E-state index contributed by atoms with van der Waals surface area (Å²) in [4.78, 5) is 4.99. The Morgan fingerprint density at radius 2 is 1.48 bits per heavy atom. The lowest BCUT2D eigenvalue weighted by molar-refractivity contribution is 0.115. The normalized spacial score (nSPS) is 25.9. The van der Waals surface area contributed by atoms with Gasteiger partial charge in [0.1, 0.15) is 0 Å². The molecule has 3 heteroatoms. The number of aliphatic hydroxyl groups excluding tert-OH is 1. The van der Waals surface area contributed by atoms with Gasteiger partial charge in [-0.05, 0) is 58.8 Å². The van der Waals surface area contributed by atoms with Crippen LogP contribution in [0.5, 0.6) is 0 Å². The van der Waals surface area contributed by atoms with E-state index in [1.165, 1.54) is 31.4 Å². The Kier molecular flexibility index (Phi) is 7.72. The van der Waals surface area contributed by atoms with Crippen LogP contribution >= 0.6 is 0 Å². The minimum Gasteiger partial charge on any atom is -0.388 e. The lowest BCUT2D eigenvalue weighted by Gasteiger charge is -2.35. The van der Waals surface area contributed by atoms with Crippen molar-refractivity contribution in [2.24, 2.45) is 11.8 Å². The molecule has 0 aromatic heterocycles. The highest BCUT2D eigenvalue weighted by Gasteiger charge is 2.24. The van der Waals surface area contributed by atoms with Gasteiger partial charge in [-0.25, -0.2) is 0 Å². The molecular formula is C22H40N2O. The van der Waals surface area contributed by atoms with Crippen LogP contribution in [0, 0.1) is 11.8 Å². The SMILES string of the molecule is CC(CCC(C)C1=CC(O)CN(C(C)C)C1)C1=CCCN(C(C)C)C1. The molecule has 0 aliphatic carbocycles. The van der Waals surface area contributed by atoms with Gasteiger partial charge in [0.15, 0.2) is 0 Å². The summed E-state index contributed by atoms with van der Waals surface area (Å²) in [6.07, 6.45) is 7.96. The first-order valence-electron chi connectivity index (χ1n) is 10.3. The van der Waals surface area contributed by atoms with E-state index < -0.39 is 0 Å². The van der Waals surface area contributed by atoms with E-state index in [9.17, 15) is 5.11 Å². The fourth-order valence-electron chi connectivity index (χ4n) is 4.07. The fraction of sp³-hybridized carbons (Fsp3) is 0.818. The van der Waals surface area contributed by atoms with Crippen molar-refractivity contribution in [1.82, 2.24) is 9.80 Å². The molecule has 0 aromatic carbocycles. The summed E-state index contributed by atoms with van der Waals surface area (Å²) < 4.78 is 0. The molecule has 1 N–H and O–H groups in total. The molecular weight excluding hydrogens is 308 g/mol. The van der Waals surface area contributed by atoms with E-state index in [1.54, 1.807) is 5.57 Å². The van der Waals surface area contributed by atoms with Crippen molar-refractivity contribution in [3.8, 4) is 0 Å². The maximum absolute atomic E-state index is 10.2. The topological polar surface area (TPSA) is 26.7 Å². The van der Waals surface area contributed by atoms with Gasteiger partial charge in [0.25, 0.3) is 0 Å². The Bertz CT molecular complexity index is 480. The maximum atomic E-state index is 10.2. The summed E-state index contributed by atoms with van der Waals surface area (Å²) in [5, 5.41) is 10.2. The number of nitrogens with zero attached hydrogens (tertiary/aromatic N) is 2. The molecule has 3 unspecified atom stereocenters. The third-order valence-corrected chi connectivity index (χ3v) is 6.18. The predicted octanol–water partition coefficient (Wildman–Crippen LogP) is 4.09. The van der Waals surface area contributed by atoms with E-state index in [2.05, 4.69) is 63.5 Å². The third kappa shape index (κ3) is 5.94. The van der Waals surface area contributed by atoms with E-state index in [0.717, 1.165) is 19.6 Å². The minimum atomic E-state index is -0.299. The van der Waals surface area contributed by atoms with Crippen LogP contribution in [0.15, 0.2) is 23.3 Å². The average molecular weight is 349 g/mol. The maximum Gasteiger partial charge on any atom is 0.0851 e. The summed E-state index contributed by atoms with van der Waals surface area (Å²) in [6.45, 7) is 17.9. The van der Waals surface area contributed by atoms with Crippen LogP contribution in [0.4, 0.5) is 0 Å². The van der Waals surface area contributed by atoms with Crippen molar-refractivity contribution in [2.75, 3.05) is 26.2 Å². The Hall–Kier alpha value is -0.640. The van der Waals surface area contributed by atoms with Gasteiger partial charge in [-0.3, -0.25) is 9.80 Å². The van der Waals surface area contributed by atoms with E-state index >= 15 is 0 Å². The lowest BCUT2D eigenvalue weighted by Crippen LogP contribution is -2.42. The third-order valence-electron chi connectivity index (χ3n) is 6.18. The zero-order valence-corrected chi connectivity index (χ0v) is 17.3. The first-order valence-corrected chi connectivity index (χ1v) is 10.3. The second-order valence-electron chi connectivity index (χ2n) is 8.84. The quantitative estimate of drug-likeness (QED) is 0.702. The molecule has 2 heterocycles. The first-order chi connectivity index (χ1) is 11.8. The standard InChI is InChI=1S/C22H40N2O/c1-16(2)23-11-7-8-20(13-23)18(5)9-10-19(6)21-12-22(25)15-24(14-21)17(3)4/h8,12,16-19,22,25H,7,9-11,13-15H2,1-6H3. The molecule has 0 fully saturated rings. The highest BCUT2D eigenvalue weighted by Crippen LogP contribution is 2.28. The molecule has 0 radical (unpaired) electrons. The van der Waals surface area contributed by atoms with E-state index in [0.29, 0.717) is 23.9 Å². The van der Waals surface area contributed by atoms with Crippen LogP contribution in [0.25, 0.3) is 0 Å². The van der Waals surface area contributed by atoms with Crippen molar-refractivity contribution in [1.29, 1.82) is 0 Å². The molecule has 2 aliphatic rings. The molecule has 0 amide bonds. The fourth-order valence-corrected chi connectivity index (χ4v) is 4.07. The minimum absolute atomic E-state index is 0.299. The van der Waals surface area contributed by atoms with Gasteiger partial charge in [-0.15, -0.1) is 0 Å². The molecule has 3 nitrogen and oxygen atoms in total. The molecule has 0 spiro atoms. The molecule has 2 aliphatic heterocycles. The van der Waals surface area contributed by atoms with Crippen molar-refractivity contribution >= 4 is 0 Å². The van der Waals surface area contributed by atoms with Gasteiger partial charge in [0, 0.05) is 38.3 Å². The highest BCUT2D eigenvalue weighted by molar-refractivity contribution is 5.16. The number of hydrogen-bond acceptors (Lipinski definition) is 3. The van der Waals surface area contributed by atoms with Crippen LogP contribution < -0.4 is 0 Å². The molecule has 0 saturated heterocycles. The molecule has 2 rings (SSSR count). The van der Waals surface area contributed by atoms with Crippen molar-refractivity contribution in [2.45, 2.75) is 79.0 Å². The first kappa shape index (κ1) is 20.7. The Morgan fingerprint density at radius 3 is 2.08 bits per heavy atom. The molecule has 3 atom stereocenters. The Balaban J connectivity index is 1.87. The van der Waals surface area contributed by atoms with Gasteiger partial charge >= 0.3 is 0 Å². The summed E-state index contributed by atoms with van der Waals surface area (Å²) >= 11 is 0. The van der Waals surface area contributed by atoms with Crippen molar-refractivity contribution in [3.63, 3.8) is 0 Å². The zero-order valence-electron chi connectivity index (χ0n) is 17.3. The van der Waals surface area contributed by atoms with Crippen LogP contribution in [0.1, 0.15) is 60.8 Å². The summed E-state index contributed by atoms with van der Waals surface area (Å²) in [6, 6.07) is 1.14. The molecule has 144 valence electrons. The van der Waals surface area contributed by atoms with Gasteiger partial charge in [-0.2, -0.15) is 0 Å². The summed E-state index contributed by atoms with van der Waals surface area (Å²) in [5.74, 6) is 1.23. The molecule has 25 heavy (non-hydrogen) atoms. The second-order valence-corrected chi connectivity index (χ2v) is 8.84. The second kappa shape index (κ2) is 9.34. The number of β-amino-alcohol motifs (C(OH)–C–C–N with tert-alkyl or cyclic N) is 1. The summed E-state index contributed by atoms with van der Waals surface area (Å²) in [5.41, 5.74) is 3.06. The van der Waals surface area contributed by atoms with Gasteiger partial charge < -0.3 is 5.11 Å². The lowest BCUT2D eigenvalue weighted by atomic mass is 9.86. The predicted molar refractivity (Wildman–Crippen MR) is 108 cm³/mol. The molecule has 0 aromatic rings. The molecule has 0 saturated carbocycles. The average Bonchev–Trinajstić information content (AvgIpc) is 2.58.